The van der Waals surface area contributed by atoms with Crippen LogP contribution in [0, 0.1) is 20.8 Å². The summed E-state index contributed by atoms with van der Waals surface area (Å²) in [5.41, 5.74) is 3.28. The van der Waals surface area contributed by atoms with Gasteiger partial charge in [-0.15, -0.1) is 0 Å². The van der Waals surface area contributed by atoms with Gasteiger partial charge in [0.05, 0.1) is 4.90 Å². The number of nitrogens with zero attached hydrogens (tertiary/aromatic N) is 3. The van der Waals surface area contributed by atoms with Crippen molar-refractivity contribution in [3.8, 4) is 0 Å². The molecule has 0 radical (unpaired) electrons. The van der Waals surface area contributed by atoms with Gasteiger partial charge < -0.3 is 15.7 Å². The van der Waals surface area contributed by atoms with Gasteiger partial charge in [0.2, 0.25) is 5.95 Å². The monoisotopic (exact) mass is 486 g/mol. The molecule has 0 atom stereocenters. The highest BCUT2D eigenvalue weighted by Crippen LogP contribution is 2.23. The van der Waals surface area contributed by atoms with Crippen molar-refractivity contribution >= 4 is 39.1 Å². The molecule has 0 spiro atoms. The van der Waals surface area contributed by atoms with Gasteiger partial charge in [-0.05, 0) is 44.5 Å². The van der Waals surface area contributed by atoms with Gasteiger partial charge in [-0.25, -0.2) is 18.2 Å². The SMILES string of the molecule is Cc1ccc(Nc2nccc(Nc3n[nH]c(C)c3C)n2)cc1S(C)(=O)=O.O=C(O)C(F)(F)F. The average molecular weight is 486 g/mol. The first kappa shape index (κ1) is 25.6. The Balaban J connectivity index is 0.000000479. The Kier molecular flexibility index (Phi) is 7.64. The Morgan fingerprint density at radius 1 is 1.12 bits per heavy atom. The minimum atomic E-state index is -5.08. The number of rotatable bonds is 5. The third-order valence-electron chi connectivity index (χ3n) is 4.24. The zero-order chi connectivity index (χ0) is 25.0. The highest BCUT2D eigenvalue weighted by atomic mass is 32.2. The van der Waals surface area contributed by atoms with Crippen LogP contribution in [0.2, 0.25) is 0 Å². The highest BCUT2D eigenvalue weighted by molar-refractivity contribution is 7.90. The lowest BCUT2D eigenvalue weighted by molar-refractivity contribution is -0.192. The van der Waals surface area contributed by atoms with E-state index in [0.717, 1.165) is 11.3 Å². The third kappa shape index (κ3) is 7.17. The number of carboxylic acid groups (broad SMARTS) is 1. The van der Waals surface area contributed by atoms with Crippen LogP contribution in [0.15, 0.2) is 35.4 Å². The number of carboxylic acids is 1. The molecule has 0 saturated heterocycles. The number of aliphatic carboxylic acids is 1. The van der Waals surface area contributed by atoms with Crippen LogP contribution >= 0.6 is 0 Å². The second kappa shape index (κ2) is 9.85. The number of alkyl halides is 3. The van der Waals surface area contributed by atoms with E-state index < -0.39 is 22.0 Å². The Morgan fingerprint density at radius 2 is 1.76 bits per heavy atom. The highest BCUT2D eigenvalue weighted by Gasteiger charge is 2.38. The topological polar surface area (TPSA) is 150 Å². The number of hydrogen-bond acceptors (Lipinski definition) is 8. The number of benzene rings is 1. The summed E-state index contributed by atoms with van der Waals surface area (Å²) >= 11 is 0. The van der Waals surface area contributed by atoms with Gasteiger partial charge in [-0.1, -0.05) is 6.07 Å². The van der Waals surface area contributed by atoms with Crippen LogP contribution in [0.1, 0.15) is 16.8 Å². The van der Waals surface area contributed by atoms with E-state index in [1.807, 2.05) is 13.8 Å². The second-order valence-corrected chi connectivity index (χ2v) is 8.88. The Morgan fingerprint density at radius 3 is 2.27 bits per heavy atom. The molecule has 10 nitrogen and oxygen atoms in total. The zero-order valence-corrected chi connectivity index (χ0v) is 18.8. The molecule has 3 rings (SSSR count). The molecule has 4 N–H and O–H groups in total. The molecule has 0 fully saturated rings. The predicted molar refractivity (Wildman–Crippen MR) is 115 cm³/mol. The lowest BCUT2D eigenvalue weighted by atomic mass is 10.2. The number of aromatic amines is 1. The number of hydrogen-bond donors (Lipinski definition) is 4. The summed E-state index contributed by atoms with van der Waals surface area (Å²) in [6.07, 6.45) is -2.29. The number of carbonyl (C=O) groups is 1. The molecule has 0 amide bonds. The molecule has 0 aliphatic heterocycles. The number of aryl methyl sites for hydroxylation is 2. The first-order valence-corrected chi connectivity index (χ1v) is 11.1. The standard InChI is InChI=1S/C17H20N6O2S.C2HF3O2/c1-10-5-6-13(9-14(10)26(4,24)25)19-17-18-8-7-15(21-17)20-16-11(2)12(3)22-23-16;3-2(4,5)1(6)7/h5-9H,1-4H3,(H3,18,19,20,21,22,23);(H,6,7). The molecule has 14 heteroatoms. The minimum Gasteiger partial charge on any atom is -0.475 e. The summed E-state index contributed by atoms with van der Waals surface area (Å²) in [6.45, 7) is 5.66. The first-order chi connectivity index (χ1) is 15.2. The zero-order valence-electron chi connectivity index (χ0n) is 17.9. The number of sulfone groups is 1. The average Bonchev–Trinajstić information content (AvgIpc) is 3.01. The van der Waals surface area contributed by atoms with E-state index in [1.165, 1.54) is 6.26 Å². The summed E-state index contributed by atoms with van der Waals surface area (Å²) in [4.78, 5) is 17.7. The molecular weight excluding hydrogens is 465 g/mol. The number of halogens is 3. The van der Waals surface area contributed by atoms with Gasteiger partial charge in [0.25, 0.3) is 0 Å². The summed E-state index contributed by atoms with van der Waals surface area (Å²) in [7, 11) is -3.30. The fraction of sp³-hybridized carbons (Fsp3) is 0.263. The van der Waals surface area contributed by atoms with Gasteiger partial charge in [0.1, 0.15) is 5.82 Å². The van der Waals surface area contributed by atoms with Crippen LogP contribution in [0.5, 0.6) is 0 Å². The molecule has 0 aliphatic carbocycles. The largest absolute Gasteiger partial charge is 0.490 e. The molecule has 33 heavy (non-hydrogen) atoms. The van der Waals surface area contributed by atoms with Crippen molar-refractivity contribution in [2.75, 3.05) is 16.9 Å². The van der Waals surface area contributed by atoms with Gasteiger partial charge in [-0.3, -0.25) is 5.10 Å². The number of H-pyrrole nitrogens is 1. The third-order valence-corrected chi connectivity index (χ3v) is 5.48. The van der Waals surface area contributed by atoms with E-state index in [9.17, 15) is 21.6 Å². The van der Waals surface area contributed by atoms with E-state index in [0.29, 0.717) is 28.8 Å². The number of nitrogens with one attached hydrogen (secondary N) is 3. The molecule has 178 valence electrons. The number of aromatic nitrogens is 4. The van der Waals surface area contributed by atoms with Crippen LogP contribution in [0.3, 0.4) is 0 Å². The van der Waals surface area contributed by atoms with Crippen molar-refractivity contribution in [3.05, 3.63) is 47.3 Å². The lowest BCUT2D eigenvalue weighted by Crippen LogP contribution is -2.21. The fourth-order valence-corrected chi connectivity index (χ4v) is 3.42. The molecule has 0 bridgehead atoms. The van der Waals surface area contributed by atoms with Crippen molar-refractivity contribution < 1.29 is 31.5 Å². The molecule has 0 aliphatic rings. The van der Waals surface area contributed by atoms with Crippen LogP contribution in [0.25, 0.3) is 0 Å². The normalized spacial score (nSPS) is 11.4. The molecule has 2 aromatic heterocycles. The van der Waals surface area contributed by atoms with Crippen molar-refractivity contribution in [1.29, 1.82) is 0 Å². The van der Waals surface area contributed by atoms with Crippen molar-refractivity contribution in [2.24, 2.45) is 0 Å². The van der Waals surface area contributed by atoms with Crippen LogP contribution < -0.4 is 10.6 Å². The molecule has 0 unspecified atom stereocenters. The maximum atomic E-state index is 11.9. The van der Waals surface area contributed by atoms with Crippen LogP contribution in [-0.4, -0.2) is 52.1 Å². The molecule has 1 aromatic carbocycles. The van der Waals surface area contributed by atoms with Gasteiger partial charge in [0.15, 0.2) is 15.7 Å². The molecular formula is C19H21F3N6O4S. The second-order valence-electron chi connectivity index (χ2n) is 6.89. The van der Waals surface area contributed by atoms with Crippen molar-refractivity contribution in [1.82, 2.24) is 20.2 Å². The Labute approximate surface area is 187 Å². The van der Waals surface area contributed by atoms with Gasteiger partial charge in [0, 0.05) is 29.4 Å². The van der Waals surface area contributed by atoms with E-state index in [4.69, 9.17) is 9.90 Å². The fourth-order valence-electron chi connectivity index (χ4n) is 2.42. The van der Waals surface area contributed by atoms with Gasteiger partial charge in [-0.2, -0.15) is 23.3 Å². The molecule has 2 heterocycles. The molecule has 0 saturated carbocycles. The van der Waals surface area contributed by atoms with E-state index in [1.54, 1.807) is 37.4 Å². The molecule has 3 aromatic rings. The van der Waals surface area contributed by atoms with Crippen LogP contribution in [0.4, 0.5) is 36.4 Å². The summed E-state index contributed by atoms with van der Waals surface area (Å²) in [5.74, 6) is -1.13. The maximum Gasteiger partial charge on any atom is 0.490 e. The van der Waals surface area contributed by atoms with Crippen molar-refractivity contribution in [2.45, 2.75) is 31.8 Å². The van der Waals surface area contributed by atoms with E-state index in [-0.39, 0.29) is 4.90 Å². The number of anilines is 4. The minimum absolute atomic E-state index is 0.277. The Hall–Kier alpha value is -3.68. The smallest absolute Gasteiger partial charge is 0.475 e. The Bertz CT molecular complexity index is 1260. The maximum absolute atomic E-state index is 11.9. The lowest BCUT2D eigenvalue weighted by Gasteiger charge is -2.10. The predicted octanol–water partition coefficient (Wildman–Crippen LogP) is 3.65. The van der Waals surface area contributed by atoms with Gasteiger partial charge >= 0.3 is 12.1 Å². The quantitative estimate of drug-likeness (QED) is 0.424. The summed E-state index contributed by atoms with van der Waals surface area (Å²) in [5, 5.41) is 20.4. The van der Waals surface area contributed by atoms with E-state index >= 15 is 0 Å². The van der Waals surface area contributed by atoms with Crippen LogP contribution in [-0.2, 0) is 14.6 Å². The summed E-state index contributed by atoms with van der Waals surface area (Å²) in [6, 6.07) is 6.84. The van der Waals surface area contributed by atoms with Crippen molar-refractivity contribution in [3.63, 3.8) is 0 Å². The first-order valence-electron chi connectivity index (χ1n) is 9.18. The summed E-state index contributed by atoms with van der Waals surface area (Å²) < 4.78 is 55.5. The van der Waals surface area contributed by atoms with E-state index in [2.05, 4.69) is 30.8 Å².